The van der Waals surface area contributed by atoms with Gasteiger partial charge in [-0.25, -0.2) is 4.39 Å². The van der Waals surface area contributed by atoms with E-state index >= 15 is 0 Å². The molecule has 1 atom stereocenters. The van der Waals surface area contributed by atoms with Gasteiger partial charge in [-0.05, 0) is 24.1 Å². The van der Waals surface area contributed by atoms with E-state index in [0.29, 0.717) is 36.8 Å². The fraction of sp³-hybridized carbons (Fsp3) is 0.474. The molecule has 0 bridgehead atoms. The molecule has 0 radical (unpaired) electrons. The van der Waals surface area contributed by atoms with Gasteiger partial charge in [-0.3, -0.25) is 14.8 Å². The Balaban J connectivity index is 1.36. The molecule has 27 heavy (non-hydrogen) atoms. The van der Waals surface area contributed by atoms with Crippen LogP contribution in [-0.2, 0) is 11.3 Å². The summed E-state index contributed by atoms with van der Waals surface area (Å²) in [6.45, 7) is 4.79. The molecular weight excluding hydrogens is 371 g/mol. The first kappa shape index (κ1) is 18.4. The van der Waals surface area contributed by atoms with Crippen LogP contribution in [0.1, 0.15) is 34.0 Å². The molecule has 6 nitrogen and oxygen atoms in total. The van der Waals surface area contributed by atoms with Gasteiger partial charge in [-0.15, -0.1) is 0 Å². The maximum absolute atomic E-state index is 13.2. The highest BCUT2D eigenvalue weighted by atomic mass is 35.5. The molecule has 144 valence electrons. The van der Waals surface area contributed by atoms with Crippen LogP contribution >= 0.6 is 11.6 Å². The zero-order chi connectivity index (χ0) is 18.8. The van der Waals surface area contributed by atoms with Crippen molar-refractivity contribution in [1.29, 1.82) is 0 Å². The fourth-order valence-electron chi connectivity index (χ4n) is 3.71. The van der Waals surface area contributed by atoms with Gasteiger partial charge >= 0.3 is 0 Å². The first-order chi connectivity index (χ1) is 13.1. The molecule has 2 aliphatic heterocycles. The minimum Gasteiger partial charge on any atom is -0.381 e. The molecule has 1 N–H and O–H groups in total. The number of hydrogen-bond acceptors (Lipinski definition) is 4. The highest BCUT2D eigenvalue weighted by Crippen LogP contribution is 2.27. The van der Waals surface area contributed by atoms with Crippen molar-refractivity contribution in [3.8, 4) is 0 Å². The molecule has 8 heteroatoms. The predicted molar refractivity (Wildman–Crippen MR) is 99.4 cm³/mol. The lowest BCUT2D eigenvalue weighted by atomic mass is 10.0. The first-order valence-electron chi connectivity index (χ1n) is 9.18. The van der Waals surface area contributed by atoms with Gasteiger partial charge in [0.2, 0.25) is 0 Å². The quantitative estimate of drug-likeness (QED) is 0.869. The molecule has 0 saturated carbocycles. The Bertz CT molecular complexity index is 814. The van der Waals surface area contributed by atoms with Crippen LogP contribution in [0.25, 0.3) is 0 Å². The lowest BCUT2D eigenvalue weighted by Gasteiger charge is -2.35. The Morgan fingerprint density at radius 3 is 2.85 bits per heavy atom. The van der Waals surface area contributed by atoms with Crippen molar-refractivity contribution < 1.29 is 13.9 Å². The van der Waals surface area contributed by atoms with Crippen LogP contribution in [0.2, 0.25) is 5.02 Å². The standard InChI is InChI=1S/C19H22ClFN4O2/c20-17-9-15(21)2-1-13(17)11-24-4-6-25(7-5-24)19(26)16-10-22-23-18(16)14-3-8-27-12-14/h1-2,9-10,14H,3-8,11-12H2,(H,22,23). The van der Waals surface area contributed by atoms with Crippen molar-refractivity contribution in [1.82, 2.24) is 20.0 Å². The van der Waals surface area contributed by atoms with Gasteiger partial charge in [0.1, 0.15) is 5.82 Å². The van der Waals surface area contributed by atoms with Crippen molar-refractivity contribution >= 4 is 17.5 Å². The molecule has 2 saturated heterocycles. The number of benzene rings is 1. The van der Waals surface area contributed by atoms with Gasteiger partial charge in [0, 0.05) is 50.3 Å². The number of amides is 1. The van der Waals surface area contributed by atoms with Crippen LogP contribution in [0.15, 0.2) is 24.4 Å². The summed E-state index contributed by atoms with van der Waals surface area (Å²) in [4.78, 5) is 17.0. The minimum absolute atomic E-state index is 0.0186. The van der Waals surface area contributed by atoms with Gasteiger partial charge in [0.15, 0.2) is 0 Å². The molecule has 0 spiro atoms. The highest BCUT2D eigenvalue weighted by Gasteiger charge is 2.29. The maximum Gasteiger partial charge on any atom is 0.257 e. The van der Waals surface area contributed by atoms with Crippen LogP contribution < -0.4 is 0 Å². The summed E-state index contributed by atoms with van der Waals surface area (Å²) >= 11 is 6.12. The number of nitrogens with one attached hydrogen (secondary N) is 1. The second kappa shape index (κ2) is 7.96. The molecule has 3 heterocycles. The molecule has 2 fully saturated rings. The second-order valence-electron chi connectivity index (χ2n) is 7.06. The zero-order valence-electron chi connectivity index (χ0n) is 15.0. The third-order valence-electron chi connectivity index (χ3n) is 5.31. The maximum atomic E-state index is 13.2. The van der Waals surface area contributed by atoms with Gasteiger partial charge in [-0.2, -0.15) is 5.10 Å². The van der Waals surface area contributed by atoms with E-state index in [4.69, 9.17) is 16.3 Å². The zero-order valence-corrected chi connectivity index (χ0v) is 15.7. The van der Waals surface area contributed by atoms with E-state index in [0.717, 1.165) is 37.4 Å². The van der Waals surface area contributed by atoms with E-state index in [2.05, 4.69) is 15.1 Å². The van der Waals surface area contributed by atoms with E-state index in [1.165, 1.54) is 12.1 Å². The highest BCUT2D eigenvalue weighted by molar-refractivity contribution is 6.31. The number of aromatic nitrogens is 2. The van der Waals surface area contributed by atoms with Crippen LogP contribution in [0, 0.1) is 5.82 Å². The number of piperazine rings is 1. The van der Waals surface area contributed by atoms with Crippen molar-refractivity contribution in [2.75, 3.05) is 39.4 Å². The van der Waals surface area contributed by atoms with Crippen molar-refractivity contribution in [2.45, 2.75) is 18.9 Å². The van der Waals surface area contributed by atoms with Gasteiger partial charge in [0.25, 0.3) is 5.91 Å². The largest absolute Gasteiger partial charge is 0.381 e. The molecule has 1 unspecified atom stereocenters. The van der Waals surface area contributed by atoms with Crippen LogP contribution in [0.4, 0.5) is 4.39 Å². The number of halogens is 2. The van der Waals surface area contributed by atoms with E-state index in [-0.39, 0.29) is 17.6 Å². The Kier molecular flexibility index (Phi) is 5.43. The average Bonchev–Trinajstić information content (AvgIpc) is 3.35. The Morgan fingerprint density at radius 2 is 2.15 bits per heavy atom. The van der Waals surface area contributed by atoms with Crippen LogP contribution in [0.3, 0.4) is 0 Å². The number of hydrogen-bond donors (Lipinski definition) is 1. The Hall–Kier alpha value is -1.96. The van der Waals surface area contributed by atoms with E-state index in [1.807, 2.05) is 4.90 Å². The molecule has 1 aromatic carbocycles. The van der Waals surface area contributed by atoms with Crippen molar-refractivity contribution in [3.63, 3.8) is 0 Å². The summed E-state index contributed by atoms with van der Waals surface area (Å²) in [5.41, 5.74) is 2.44. The molecule has 4 rings (SSSR count). The summed E-state index contributed by atoms with van der Waals surface area (Å²) in [7, 11) is 0. The van der Waals surface area contributed by atoms with Gasteiger partial charge in [-0.1, -0.05) is 17.7 Å². The third-order valence-corrected chi connectivity index (χ3v) is 5.66. The van der Waals surface area contributed by atoms with E-state index in [1.54, 1.807) is 12.3 Å². The second-order valence-corrected chi connectivity index (χ2v) is 7.47. The SMILES string of the molecule is O=C(c1cn[nH]c1C1CCOC1)N1CCN(Cc2ccc(F)cc2Cl)CC1. The lowest BCUT2D eigenvalue weighted by Crippen LogP contribution is -2.48. The number of H-pyrrole nitrogens is 1. The smallest absolute Gasteiger partial charge is 0.257 e. The van der Waals surface area contributed by atoms with E-state index in [9.17, 15) is 9.18 Å². The number of aromatic amines is 1. The predicted octanol–water partition coefficient (Wildman–Crippen LogP) is 2.66. The molecular formula is C19H22ClFN4O2. The first-order valence-corrected chi connectivity index (χ1v) is 9.56. The van der Waals surface area contributed by atoms with Gasteiger partial charge < -0.3 is 9.64 Å². The topological polar surface area (TPSA) is 61.5 Å². The van der Waals surface area contributed by atoms with Crippen molar-refractivity contribution in [3.05, 3.63) is 52.1 Å². The lowest BCUT2D eigenvalue weighted by molar-refractivity contribution is 0.0627. The molecule has 0 aliphatic carbocycles. The Morgan fingerprint density at radius 1 is 1.33 bits per heavy atom. The van der Waals surface area contributed by atoms with E-state index < -0.39 is 0 Å². The summed E-state index contributed by atoms with van der Waals surface area (Å²) in [5.74, 6) is -0.0961. The number of rotatable bonds is 4. The number of ether oxygens (including phenoxy) is 1. The van der Waals surface area contributed by atoms with Crippen molar-refractivity contribution in [2.24, 2.45) is 0 Å². The number of carbonyl (C=O) groups is 1. The molecule has 2 aliphatic rings. The summed E-state index contributed by atoms with van der Waals surface area (Å²) < 4.78 is 18.6. The summed E-state index contributed by atoms with van der Waals surface area (Å²) in [6.07, 6.45) is 2.54. The normalized spacial score (nSPS) is 21.0. The van der Waals surface area contributed by atoms with Gasteiger partial charge in [0.05, 0.1) is 24.1 Å². The third kappa shape index (κ3) is 4.00. The molecule has 1 aromatic heterocycles. The Labute approximate surface area is 162 Å². The fourth-order valence-corrected chi connectivity index (χ4v) is 3.94. The monoisotopic (exact) mass is 392 g/mol. The number of carbonyl (C=O) groups excluding carboxylic acids is 1. The van der Waals surface area contributed by atoms with Crippen LogP contribution in [0.5, 0.6) is 0 Å². The number of nitrogens with zero attached hydrogens (tertiary/aromatic N) is 3. The van der Waals surface area contributed by atoms with Crippen LogP contribution in [-0.4, -0.2) is 65.3 Å². The summed E-state index contributed by atoms with van der Waals surface area (Å²) in [5, 5.41) is 7.51. The minimum atomic E-state index is -0.331. The molecule has 1 amide bonds. The average molecular weight is 393 g/mol. The molecule has 2 aromatic rings. The summed E-state index contributed by atoms with van der Waals surface area (Å²) in [6, 6.07) is 4.48.